The zero-order chi connectivity index (χ0) is 37.6. The van der Waals surface area contributed by atoms with Crippen molar-refractivity contribution < 1.29 is 19.4 Å². The number of amides is 3. The van der Waals surface area contributed by atoms with E-state index in [0.717, 1.165) is 27.9 Å². The molecule has 0 atom stereocenters. The second-order valence-corrected chi connectivity index (χ2v) is 14.0. The quantitative estimate of drug-likeness (QED) is 0.102. The van der Waals surface area contributed by atoms with Crippen molar-refractivity contribution in [3.63, 3.8) is 0 Å². The van der Waals surface area contributed by atoms with E-state index in [1.807, 2.05) is 69.3 Å². The number of nitrogens with two attached hydrogens (primary N) is 1. The third-order valence-electron chi connectivity index (χ3n) is 8.26. The van der Waals surface area contributed by atoms with Crippen LogP contribution in [0.3, 0.4) is 0 Å². The summed E-state index contributed by atoms with van der Waals surface area (Å²) in [6.45, 7) is 8.63. The summed E-state index contributed by atoms with van der Waals surface area (Å²) in [5, 5.41) is 23.5. The number of aromatic hydroxyl groups is 1. The molecule has 0 unspecified atom stereocenters. The normalized spacial score (nSPS) is 11.3. The lowest BCUT2D eigenvalue weighted by Gasteiger charge is -2.16. The molecule has 0 fully saturated rings. The molecule has 5 aromatic rings. The summed E-state index contributed by atoms with van der Waals surface area (Å²) >= 11 is 12.6. The van der Waals surface area contributed by atoms with Gasteiger partial charge in [0.15, 0.2) is 0 Å². The fraction of sp³-hybridized carbons (Fsp3) is 0.263. The van der Waals surface area contributed by atoms with Crippen LogP contribution in [0.15, 0.2) is 83.7 Å². The summed E-state index contributed by atoms with van der Waals surface area (Å²) in [6.07, 6.45) is 0. The molecule has 3 aromatic carbocycles. The van der Waals surface area contributed by atoms with Crippen LogP contribution >= 0.6 is 23.2 Å². The molecular weight excluding hydrogens is 705 g/mol. The van der Waals surface area contributed by atoms with Crippen molar-refractivity contribution in [2.75, 3.05) is 11.9 Å². The number of hydrogen-bond acceptors (Lipinski definition) is 7. The average molecular weight is 747 g/mol. The maximum atomic E-state index is 13.4. The molecule has 0 aliphatic rings. The maximum Gasteiger partial charge on any atom is 0.320 e. The number of hydrogen-bond donors (Lipinski definition) is 5. The SMILES string of the molecule is Cc1cc(OCc2ccccc2CNC(=O)Nc2cc(C(C)(C)C)nn2-c2ccc(Cl)c(O)c2)c(Cl)c(=O)n1Cc1cccc(CNC(=O)CN)c1. The lowest BCUT2D eigenvalue weighted by Crippen LogP contribution is -2.29. The predicted octanol–water partition coefficient (Wildman–Crippen LogP) is 6.18. The van der Waals surface area contributed by atoms with Gasteiger partial charge in [-0.15, -0.1) is 0 Å². The van der Waals surface area contributed by atoms with Crippen molar-refractivity contribution in [1.82, 2.24) is 25.0 Å². The highest BCUT2D eigenvalue weighted by Gasteiger charge is 2.22. The first-order chi connectivity index (χ1) is 24.7. The van der Waals surface area contributed by atoms with Crippen LogP contribution in [0.25, 0.3) is 5.69 Å². The number of phenolic OH excluding ortho intramolecular Hbond substituents is 1. The molecule has 12 nitrogen and oxygen atoms in total. The number of pyridine rings is 1. The third kappa shape index (κ3) is 9.32. The van der Waals surface area contributed by atoms with Gasteiger partial charge >= 0.3 is 6.03 Å². The second-order valence-electron chi connectivity index (χ2n) is 13.2. The fourth-order valence-electron chi connectivity index (χ4n) is 5.34. The minimum atomic E-state index is -0.469. The van der Waals surface area contributed by atoms with E-state index in [1.165, 1.54) is 6.07 Å². The van der Waals surface area contributed by atoms with Crippen molar-refractivity contribution in [2.24, 2.45) is 5.73 Å². The molecule has 14 heteroatoms. The molecule has 0 saturated heterocycles. The van der Waals surface area contributed by atoms with Gasteiger partial charge in [-0.05, 0) is 41.3 Å². The predicted molar refractivity (Wildman–Crippen MR) is 202 cm³/mol. The Labute approximate surface area is 311 Å². The molecule has 0 radical (unpaired) electrons. The van der Waals surface area contributed by atoms with Gasteiger partial charge in [0.2, 0.25) is 5.91 Å². The smallest absolute Gasteiger partial charge is 0.320 e. The van der Waals surface area contributed by atoms with E-state index in [2.05, 4.69) is 21.0 Å². The summed E-state index contributed by atoms with van der Waals surface area (Å²) < 4.78 is 9.18. The van der Waals surface area contributed by atoms with E-state index in [9.17, 15) is 19.5 Å². The zero-order valence-corrected chi connectivity index (χ0v) is 30.8. The standard InChI is InChI=1S/C38H41Cl2N7O5/c1-23-14-31(35(40)36(50)46(23)21-25-9-7-8-24(15-25)19-42-34(49)18-41)52-22-27-11-6-5-10-26(27)20-43-37(51)44-33-17-32(38(2,3)4)45-47(33)28-12-13-29(39)30(48)16-28/h5-17,48H,18-22,41H2,1-4H3,(H,42,49)(H2,43,44,51). The molecule has 0 bridgehead atoms. The number of halogens is 2. The molecule has 0 spiro atoms. The maximum absolute atomic E-state index is 13.4. The Morgan fingerprint density at radius 2 is 1.65 bits per heavy atom. The average Bonchev–Trinajstić information content (AvgIpc) is 3.55. The van der Waals surface area contributed by atoms with E-state index in [1.54, 1.807) is 40.4 Å². The van der Waals surface area contributed by atoms with Crippen LogP contribution in [0.4, 0.5) is 10.6 Å². The van der Waals surface area contributed by atoms with Crippen LogP contribution < -0.4 is 32.0 Å². The van der Waals surface area contributed by atoms with Gasteiger partial charge in [-0.25, -0.2) is 9.48 Å². The van der Waals surface area contributed by atoms with Crippen LogP contribution in [-0.2, 0) is 36.5 Å². The lowest BCUT2D eigenvalue weighted by atomic mass is 9.92. The molecule has 0 saturated carbocycles. The minimum Gasteiger partial charge on any atom is -0.506 e. The van der Waals surface area contributed by atoms with Crippen LogP contribution in [0.1, 0.15) is 54.4 Å². The number of carbonyl (C=O) groups is 2. The number of phenols is 1. The number of urea groups is 1. The van der Waals surface area contributed by atoms with E-state index in [4.69, 9.17) is 33.7 Å². The number of nitrogens with one attached hydrogen (secondary N) is 3. The number of anilines is 1. The van der Waals surface area contributed by atoms with E-state index < -0.39 is 11.6 Å². The molecular formula is C38H41Cl2N7O5. The first kappa shape index (κ1) is 37.9. The molecule has 2 heterocycles. The topological polar surface area (TPSA) is 166 Å². The van der Waals surface area contributed by atoms with Crippen molar-refractivity contribution in [1.29, 1.82) is 0 Å². The number of aryl methyl sites for hydroxylation is 1. The zero-order valence-electron chi connectivity index (χ0n) is 29.3. The van der Waals surface area contributed by atoms with Gasteiger partial charge < -0.3 is 30.8 Å². The minimum absolute atomic E-state index is 0.0489. The number of aromatic nitrogens is 3. The summed E-state index contributed by atoms with van der Waals surface area (Å²) in [6, 6.07) is 22.8. The van der Waals surface area contributed by atoms with Gasteiger partial charge in [-0.1, -0.05) is 92.5 Å². The van der Waals surface area contributed by atoms with Gasteiger partial charge in [0.1, 0.15) is 28.9 Å². The van der Waals surface area contributed by atoms with Crippen molar-refractivity contribution in [3.05, 3.63) is 133 Å². The number of carbonyl (C=O) groups excluding carboxylic acids is 2. The monoisotopic (exact) mass is 745 g/mol. The lowest BCUT2D eigenvalue weighted by molar-refractivity contribution is -0.119. The van der Waals surface area contributed by atoms with Gasteiger partial charge in [0.05, 0.1) is 29.5 Å². The Hall–Kier alpha value is -5.30. The number of nitrogens with zero attached hydrogens (tertiary/aromatic N) is 3. The summed E-state index contributed by atoms with van der Waals surface area (Å²) in [5.41, 5.74) is 9.91. The highest BCUT2D eigenvalue weighted by molar-refractivity contribution is 6.32. The summed E-state index contributed by atoms with van der Waals surface area (Å²) in [7, 11) is 0. The summed E-state index contributed by atoms with van der Waals surface area (Å²) in [4.78, 5) is 38.1. The molecule has 52 heavy (non-hydrogen) atoms. The van der Waals surface area contributed by atoms with Crippen molar-refractivity contribution in [2.45, 2.75) is 59.4 Å². The van der Waals surface area contributed by atoms with Crippen molar-refractivity contribution >= 4 is 41.0 Å². The first-order valence-corrected chi connectivity index (χ1v) is 17.3. The summed E-state index contributed by atoms with van der Waals surface area (Å²) in [5.74, 6) is 0.296. The van der Waals surface area contributed by atoms with Gasteiger partial charge in [-0.2, -0.15) is 5.10 Å². The van der Waals surface area contributed by atoms with Gasteiger partial charge in [0.25, 0.3) is 5.56 Å². The van der Waals surface area contributed by atoms with Crippen LogP contribution in [0.5, 0.6) is 11.5 Å². The molecule has 5 rings (SSSR count). The number of benzene rings is 3. The Kier molecular flexibility index (Phi) is 11.9. The number of ether oxygens (including phenoxy) is 1. The first-order valence-electron chi connectivity index (χ1n) is 16.5. The molecule has 0 aliphatic carbocycles. The highest BCUT2D eigenvalue weighted by Crippen LogP contribution is 2.30. The van der Waals surface area contributed by atoms with E-state index in [-0.39, 0.29) is 59.1 Å². The van der Waals surface area contributed by atoms with Gasteiger partial charge in [-0.3, -0.25) is 14.9 Å². The number of rotatable bonds is 12. The van der Waals surface area contributed by atoms with Crippen LogP contribution in [0.2, 0.25) is 10.0 Å². The van der Waals surface area contributed by atoms with Crippen LogP contribution in [-0.4, -0.2) is 37.9 Å². The molecule has 0 aliphatic heterocycles. The molecule has 6 N–H and O–H groups in total. The highest BCUT2D eigenvalue weighted by atomic mass is 35.5. The van der Waals surface area contributed by atoms with E-state index >= 15 is 0 Å². The Morgan fingerprint density at radius 3 is 2.37 bits per heavy atom. The molecule has 272 valence electrons. The molecule has 2 aromatic heterocycles. The Morgan fingerprint density at radius 1 is 0.923 bits per heavy atom. The second kappa shape index (κ2) is 16.4. The Balaban J connectivity index is 1.25. The van der Waals surface area contributed by atoms with Crippen LogP contribution in [0, 0.1) is 6.92 Å². The largest absolute Gasteiger partial charge is 0.506 e. The molecule has 3 amide bonds. The van der Waals surface area contributed by atoms with Crippen molar-refractivity contribution in [3.8, 4) is 17.2 Å². The fourth-order valence-corrected chi connectivity index (χ4v) is 5.67. The van der Waals surface area contributed by atoms with E-state index in [0.29, 0.717) is 23.7 Å². The third-order valence-corrected chi connectivity index (χ3v) is 8.92. The van der Waals surface area contributed by atoms with Gasteiger partial charge in [0, 0.05) is 42.4 Å². The Bertz CT molecular complexity index is 2160.